The Balaban J connectivity index is 2.35. The first-order valence-electron chi connectivity index (χ1n) is 4.32. The molecule has 0 aromatic carbocycles. The summed E-state index contributed by atoms with van der Waals surface area (Å²) in [5, 5.41) is 15.9. The maximum absolute atomic E-state index is 9.44. The second-order valence-electron chi connectivity index (χ2n) is 3.34. The van der Waals surface area contributed by atoms with Crippen molar-refractivity contribution >= 4 is 6.01 Å². The molecule has 1 heterocycles. The van der Waals surface area contributed by atoms with Crippen molar-refractivity contribution in [2.45, 2.75) is 26.9 Å². The third-order valence-corrected chi connectivity index (χ3v) is 1.76. The first-order chi connectivity index (χ1) is 6.09. The highest BCUT2D eigenvalue weighted by Gasteiger charge is 2.10. The number of hydrogen-bond donors (Lipinski definition) is 2. The second-order valence-corrected chi connectivity index (χ2v) is 3.34. The van der Waals surface area contributed by atoms with Gasteiger partial charge in [0.1, 0.15) is 0 Å². The fraction of sp³-hybridized carbons (Fsp3) is 0.750. The van der Waals surface area contributed by atoms with Crippen LogP contribution in [0, 0.1) is 12.8 Å². The molecule has 0 bridgehead atoms. The van der Waals surface area contributed by atoms with Crippen LogP contribution in [0.15, 0.2) is 4.52 Å². The zero-order chi connectivity index (χ0) is 9.84. The van der Waals surface area contributed by atoms with Crippen LogP contribution in [0.25, 0.3) is 0 Å². The van der Waals surface area contributed by atoms with E-state index in [0.717, 1.165) is 0 Å². The first kappa shape index (κ1) is 9.98. The SMILES string of the molecule is Cc1noc(NCC(O)C(C)C)n1. The van der Waals surface area contributed by atoms with Crippen LogP contribution in [-0.2, 0) is 0 Å². The van der Waals surface area contributed by atoms with E-state index in [1.807, 2.05) is 13.8 Å². The van der Waals surface area contributed by atoms with E-state index in [2.05, 4.69) is 15.5 Å². The summed E-state index contributed by atoms with van der Waals surface area (Å²) in [4.78, 5) is 3.94. The minimum Gasteiger partial charge on any atom is -0.391 e. The van der Waals surface area contributed by atoms with Crippen LogP contribution in [0.3, 0.4) is 0 Å². The Morgan fingerprint density at radius 2 is 2.23 bits per heavy atom. The highest BCUT2D eigenvalue weighted by atomic mass is 16.5. The van der Waals surface area contributed by atoms with Gasteiger partial charge in [0, 0.05) is 6.54 Å². The average molecular weight is 185 g/mol. The van der Waals surface area contributed by atoms with Crippen LogP contribution in [0.1, 0.15) is 19.7 Å². The summed E-state index contributed by atoms with van der Waals surface area (Å²) in [6, 6.07) is 0.359. The maximum Gasteiger partial charge on any atom is 0.321 e. The largest absolute Gasteiger partial charge is 0.391 e. The van der Waals surface area contributed by atoms with Gasteiger partial charge in [-0.05, 0) is 12.8 Å². The summed E-state index contributed by atoms with van der Waals surface area (Å²) < 4.78 is 4.81. The van der Waals surface area contributed by atoms with Crippen LogP contribution >= 0.6 is 0 Å². The quantitative estimate of drug-likeness (QED) is 0.726. The number of aromatic nitrogens is 2. The zero-order valence-corrected chi connectivity index (χ0v) is 8.11. The Kier molecular flexibility index (Phi) is 3.25. The number of anilines is 1. The Hall–Kier alpha value is -1.10. The minimum absolute atomic E-state index is 0.219. The fourth-order valence-electron chi connectivity index (χ4n) is 0.796. The molecule has 0 saturated carbocycles. The Labute approximate surface area is 77.2 Å². The number of aliphatic hydroxyl groups is 1. The first-order valence-corrected chi connectivity index (χ1v) is 4.32. The van der Waals surface area contributed by atoms with Gasteiger partial charge in [0.05, 0.1) is 6.10 Å². The van der Waals surface area contributed by atoms with E-state index < -0.39 is 6.10 Å². The van der Waals surface area contributed by atoms with Crippen LogP contribution < -0.4 is 5.32 Å². The monoisotopic (exact) mass is 185 g/mol. The molecule has 1 aromatic heterocycles. The van der Waals surface area contributed by atoms with E-state index >= 15 is 0 Å². The van der Waals surface area contributed by atoms with Gasteiger partial charge >= 0.3 is 6.01 Å². The van der Waals surface area contributed by atoms with Crippen molar-refractivity contribution in [3.05, 3.63) is 5.82 Å². The molecule has 0 aliphatic rings. The lowest BCUT2D eigenvalue weighted by molar-refractivity contribution is 0.137. The smallest absolute Gasteiger partial charge is 0.321 e. The number of rotatable bonds is 4. The molecule has 0 aliphatic heterocycles. The van der Waals surface area contributed by atoms with Gasteiger partial charge < -0.3 is 14.9 Å². The lowest BCUT2D eigenvalue weighted by atomic mass is 10.1. The molecule has 0 spiro atoms. The molecule has 1 atom stereocenters. The molecule has 0 aliphatic carbocycles. The molecule has 2 N–H and O–H groups in total. The normalized spacial score (nSPS) is 13.3. The Morgan fingerprint density at radius 3 is 2.69 bits per heavy atom. The van der Waals surface area contributed by atoms with Crippen molar-refractivity contribution in [2.24, 2.45) is 5.92 Å². The summed E-state index contributed by atoms with van der Waals surface area (Å²) in [5.41, 5.74) is 0. The highest BCUT2D eigenvalue weighted by Crippen LogP contribution is 2.05. The summed E-state index contributed by atoms with van der Waals surface area (Å²) >= 11 is 0. The highest BCUT2D eigenvalue weighted by molar-refractivity contribution is 5.17. The van der Waals surface area contributed by atoms with Gasteiger partial charge in [-0.15, -0.1) is 0 Å². The van der Waals surface area contributed by atoms with E-state index in [1.165, 1.54) is 0 Å². The van der Waals surface area contributed by atoms with Crippen molar-refractivity contribution in [1.29, 1.82) is 0 Å². The lowest BCUT2D eigenvalue weighted by Gasteiger charge is -2.13. The molecular formula is C8H15N3O2. The van der Waals surface area contributed by atoms with Crippen molar-refractivity contribution in [2.75, 3.05) is 11.9 Å². The number of aliphatic hydroxyl groups excluding tert-OH is 1. The topological polar surface area (TPSA) is 71.2 Å². The van der Waals surface area contributed by atoms with Gasteiger partial charge in [0.2, 0.25) is 0 Å². The molecule has 1 aromatic rings. The molecule has 0 radical (unpaired) electrons. The Bertz CT molecular complexity index is 260. The van der Waals surface area contributed by atoms with Crippen LogP contribution in [-0.4, -0.2) is 27.9 Å². The molecule has 5 nitrogen and oxygen atoms in total. The van der Waals surface area contributed by atoms with Gasteiger partial charge in [-0.1, -0.05) is 19.0 Å². The van der Waals surface area contributed by atoms with E-state index in [9.17, 15) is 5.11 Å². The number of nitrogens with zero attached hydrogens (tertiary/aromatic N) is 2. The van der Waals surface area contributed by atoms with Crippen molar-refractivity contribution in [1.82, 2.24) is 10.1 Å². The molecular weight excluding hydrogens is 170 g/mol. The molecule has 0 saturated heterocycles. The van der Waals surface area contributed by atoms with Gasteiger partial charge in [-0.2, -0.15) is 4.98 Å². The number of hydrogen-bond acceptors (Lipinski definition) is 5. The summed E-state index contributed by atoms with van der Waals surface area (Å²) in [6.45, 7) is 6.07. The second kappa shape index (κ2) is 4.23. The van der Waals surface area contributed by atoms with Crippen molar-refractivity contribution in [3.63, 3.8) is 0 Å². The third kappa shape index (κ3) is 3.02. The molecule has 74 valence electrons. The van der Waals surface area contributed by atoms with Crippen LogP contribution in [0.4, 0.5) is 6.01 Å². The summed E-state index contributed by atoms with van der Waals surface area (Å²) in [7, 11) is 0. The summed E-state index contributed by atoms with van der Waals surface area (Å²) in [5.74, 6) is 0.804. The lowest BCUT2D eigenvalue weighted by Crippen LogP contribution is -2.24. The third-order valence-electron chi connectivity index (χ3n) is 1.76. The van der Waals surface area contributed by atoms with Gasteiger partial charge in [0.15, 0.2) is 5.82 Å². The number of aryl methyl sites for hydroxylation is 1. The predicted molar refractivity (Wildman–Crippen MR) is 48.4 cm³/mol. The van der Waals surface area contributed by atoms with E-state index in [1.54, 1.807) is 6.92 Å². The average Bonchev–Trinajstić information content (AvgIpc) is 2.47. The molecule has 1 unspecified atom stereocenters. The standard InChI is InChI=1S/C8H15N3O2/c1-5(2)7(12)4-9-8-10-6(3)11-13-8/h5,7,12H,4H2,1-3H3,(H,9,10,11). The van der Waals surface area contributed by atoms with Crippen LogP contribution in [0.5, 0.6) is 0 Å². The fourth-order valence-corrected chi connectivity index (χ4v) is 0.796. The predicted octanol–water partition coefficient (Wildman–Crippen LogP) is 0.807. The van der Waals surface area contributed by atoms with E-state index in [0.29, 0.717) is 18.4 Å². The molecule has 1 rings (SSSR count). The van der Waals surface area contributed by atoms with Crippen molar-refractivity contribution in [3.8, 4) is 0 Å². The molecule has 13 heavy (non-hydrogen) atoms. The Morgan fingerprint density at radius 1 is 1.54 bits per heavy atom. The van der Waals surface area contributed by atoms with Crippen LogP contribution in [0.2, 0.25) is 0 Å². The molecule has 5 heteroatoms. The minimum atomic E-state index is -0.396. The van der Waals surface area contributed by atoms with Crippen molar-refractivity contribution < 1.29 is 9.63 Å². The maximum atomic E-state index is 9.44. The zero-order valence-electron chi connectivity index (χ0n) is 8.11. The molecule has 0 fully saturated rings. The molecule has 0 amide bonds. The van der Waals surface area contributed by atoms with E-state index in [4.69, 9.17) is 4.52 Å². The van der Waals surface area contributed by atoms with Gasteiger partial charge in [-0.25, -0.2) is 0 Å². The van der Waals surface area contributed by atoms with E-state index in [-0.39, 0.29) is 5.92 Å². The van der Waals surface area contributed by atoms with Gasteiger partial charge in [0.25, 0.3) is 0 Å². The number of nitrogens with one attached hydrogen (secondary N) is 1. The van der Waals surface area contributed by atoms with Gasteiger partial charge in [-0.3, -0.25) is 0 Å². The summed E-state index contributed by atoms with van der Waals surface area (Å²) in [6.07, 6.45) is -0.396.